The summed E-state index contributed by atoms with van der Waals surface area (Å²) in [6.45, 7) is 2.85. The first-order valence-corrected chi connectivity index (χ1v) is 5.82. The van der Waals surface area contributed by atoms with E-state index in [0.29, 0.717) is 6.04 Å². The lowest BCUT2D eigenvalue weighted by atomic mass is 10.2. The second-order valence-electron chi connectivity index (χ2n) is 4.40. The van der Waals surface area contributed by atoms with Gasteiger partial charge in [0.05, 0.1) is 0 Å². The van der Waals surface area contributed by atoms with E-state index >= 15 is 0 Å². The SMILES string of the molecule is CC(N)CCNc1cc(NC2CC2)ncn1. The Morgan fingerprint density at radius 3 is 2.88 bits per heavy atom. The molecule has 5 nitrogen and oxygen atoms in total. The van der Waals surface area contributed by atoms with Crippen LogP contribution in [0.5, 0.6) is 0 Å². The highest BCUT2D eigenvalue weighted by atomic mass is 15.1. The van der Waals surface area contributed by atoms with E-state index in [-0.39, 0.29) is 6.04 Å². The summed E-state index contributed by atoms with van der Waals surface area (Å²) in [4.78, 5) is 8.34. The van der Waals surface area contributed by atoms with Crippen molar-refractivity contribution >= 4 is 11.6 Å². The van der Waals surface area contributed by atoms with Gasteiger partial charge in [-0.1, -0.05) is 0 Å². The van der Waals surface area contributed by atoms with Crippen LogP contribution in [0.3, 0.4) is 0 Å². The molecule has 1 aliphatic rings. The summed E-state index contributed by atoms with van der Waals surface area (Å²) < 4.78 is 0. The van der Waals surface area contributed by atoms with Crippen molar-refractivity contribution < 1.29 is 0 Å². The van der Waals surface area contributed by atoms with Crippen LogP contribution in [0.4, 0.5) is 11.6 Å². The first-order valence-electron chi connectivity index (χ1n) is 5.82. The van der Waals surface area contributed by atoms with E-state index in [4.69, 9.17) is 5.73 Å². The second-order valence-corrected chi connectivity index (χ2v) is 4.40. The van der Waals surface area contributed by atoms with Crippen molar-refractivity contribution in [1.29, 1.82) is 0 Å². The Morgan fingerprint density at radius 1 is 1.44 bits per heavy atom. The van der Waals surface area contributed by atoms with Crippen LogP contribution in [0.25, 0.3) is 0 Å². The van der Waals surface area contributed by atoms with Crippen LogP contribution in [-0.4, -0.2) is 28.6 Å². The number of aromatic nitrogens is 2. The number of rotatable bonds is 6. The van der Waals surface area contributed by atoms with Crippen LogP contribution in [0.1, 0.15) is 26.2 Å². The second kappa shape index (κ2) is 5.12. The summed E-state index contributed by atoms with van der Waals surface area (Å²) >= 11 is 0. The topological polar surface area (TPSA) is 75.9 Å². The number of hydrogen-bond acceptors (Lipinski definition) is 5. The van der Waals surface area contributed by atoms with E-state index in [1.54, 1.807) is 6.33 Å². The van der Waals surface area contributed by atoms with E-state index < -0.39 is 0 Å². The third kappa shape index (κ3) is 3.66. The van der Waals surface area contributed by atoms with Gasteiger partial charge in [-0.3, -0.25) is 0 Å². The van der Waals surface area contributed by atoms with Crippen molar-refractivity contribution in [2.24, 2.45) is 5.73 Å². The van der Waals surface area contributed by atoms with Gasteiger partial charge in [-0.25, -0.2) is 9.97 Å². The molecule has 0 spiro atoms. The summed E-state index contributed by atoms with van der Waals surface area (Å²) in [7, 11) is 0. The molecule has 0 saturated heterocycles. The monoisotopic (exact) mass is 221 g/mol. The van der Waals surface area contributed by atoms with Crippen molar-refractivity contribution in [3.63, 3.8) is 0 Å². The molecule has 1 atom stereocenters. The van der Waals surface area contributed by atoms with Gasteiger partial charge in [-0.15, -0.1) is 0 Å². The Hall–Kier alpha value is -1.36. The van der Waals surface area contributed by atoms with Crippen LogP contribution in [0.2, 0.25) is 0 Å². The third-order valence-corrected chi connectivity index (χ3v) is 2.50. The minimum atomic E-state index is 0.221. The molecule has 0 aromatic carbocycles. The number of nitrogens with two attached hydrogens (primary N) is 1. The van der Waals surface area contributed by atoms with Crippen LogP contribution in [0.15, 0.2) is 12.4 Å². The zero-order chi connectivity index (χ0) is 11.4. The predicted molar refractivity (Wildman–Crippen MR) is 65.4 cm³/mol. The highest BCUT2D eigenvalue weighted by Gasteiger charge is 2.21. The molecule has 1 fully saturated rings. The van der Waals surface area contributed by atoms with Crippen molar-refractivity contribution in [3.05, 3.63) is 12.4 Å². The highest BCUT2D eigenvalue weighted by molar-refractivity contribution is 5.47. The van der Waals surface area contributed by atoms with Gasteiger partial charge in [-0.05, 0) is 26.2 Å². The molecule has 16 heavy (non-hydrogen) atoms. The molecule has 1 aliphatic carbocycles. The molecule has 1 aromatic rings. The van der Waals surface area contributed by atoms with E-state index in [9.17, 15) is 0 Å². The Kier molecular flexibility index (Phi) is 3.56. The maximum atomic E-state index is 5.68. The molecule has 88 valence electrons. The minimum Gasteiger partial charge on any atom is -0.370 e. The normalized spacial score (nSPS) is 16.9. The van der Waals surface area contributed by atoms with Crippen molar-refractivity contribution in [2.75, 3.05) is 17.2 Å². The summed E-state index contributed by atoms with van der Waals surface area (Å²) in [6.07, 6.45) is 5.02. The molecule has 0 amide bonds. The molecular formula is C11H19N5. The van der Waals surface area contributed by atoms with Crippen LogP contribution >= 0.6 is 0 Å². The molecule has 1 heterocycles. The van der Waals surface area contributed by atoms with Gasteiger partial charge in [0, 0.05) is 24.7 Å². The van der Waals surface area contributed by atoms with Gasteiger partial charge in [0.1, 0.15) is 18.0 Å². The molecule has 0 radical (unpaired) electrons. The summed E-state index contributed by atoms with van der Waals surface area (Å²) in [5, 5.41) is 6.58. The average Bonchev–Trinajstić information content (AvgIpc) is 3.02. The predicted octanol–water partition coefficient (Wildman–Crippen LogP) is 1.20. The molecule has 1 unspecified atom stereocenters. The number of nitrogens with one attached hydrogen (secondary N) is 2. The summed E-state index contributed by atoms with van der Waals surface area (Å²) in [5.74, 6) is 1.76. The summed E-state index contributed by atoms with van der Waals surface area (Å²) in [5.41, 5.74) is 5.68. The molecule has 2 rings (SSSR count). The van der Waals surface area contributed by atoms with Crippen molar-refractivity contribution in [1.82, 2.24) is 9.97 Å². The number of hydrogen-bond donors (Lipinski definition) is 3. The zero-order valence-corrected chi connectivity index (χ0v) is 9.61. The van der Waals surface area contributed by atoms with Crippen LogP contribution in [-0.2, 0) is 0 Å². The van der Waals surface area contributed by atoms with E-state index in [2.05, 4.69) is 20.6 Å². The van der Waals surface area contributed by atoms with Gasteiger partial charge in [0.15, 0.2) is 0 Å². The van der Waals surface area contributed by atoms with E-state index in [0.717, 1.165) is 24.6 Å². The quantitative estimate of drug-likeness (QED) is 0.673. The Morgan fingerprint density at radius 2 is 2.19 bits per heavy atom. The first kappa shape index (κ1) is 11.1. The molecule has 5 heteroatoms. The molecule has 0 bridgehead atoms. The zero-order valence-electron chi connectivity index (χ0n) is 9.61. The Balaban J connectivity index is 1.83. The van der Waals surface area contributed by atoms with Gasteiger partial charge < -0.3 is 16.4 Å². The molecule has 0 aliphatic heterocycles. The standard InChI is InChI=1S/C11H19N5/c1-8(12)4-5-13-10-6-11(15-7-14-10)16-9-2-3-9/h6-9H,2-5,12H2,1H3,(H2,13,14,15,16). The lowest BCUT2D eigenvalue weighted by Crippen LogP contribution is -2.19. The largest absolute Gasteiger partial charge is 0.370 e. The first-order chi connectivity index (χ1) is 7.74. The van der Waals surface area contributed by atoms with E-state index in [1.165, 1.54) is 12.8 Å². The van der Waals surface area contributed by atoms with Crippen LogP contribution in [0, 0.1) is 0 Å². The fraction of sp³-hybridized carbons (Fsp3) is 0.636. The third-order valence-electron chi connectivity index (χ3n) is 2.50. The number of nitrogens with zero attached hydrogens (tertiary/aromatic N) is 2. The average molecular weight is 221 g/mol. The smallest absolute Gasteiger partial charge is 0.131 e. The van der Waals surface area contributed by atoms with E-state index in [1.807, 2.05) is 13.0 Å². The van der Waals surface area contributed by atoms with Gasteiger partial charge in [0.25, 0.3) is 0 Å². The highest BCUT2D eigenvalue weighted by Crippen LogP contribution is 2.23. The number of anilines is 2. The maximum absolute atomic E-state index is 5.68. The lowest BCUT2D eigenvalue weighted by Gasteiger charge is -2.09. The fourth-order valence-electron chi connectivity index (χ4n) is 1.40. The van der Waals surface area contributed by atoms with Gasteiger partial charge in [-0.2, -0.15) is 0 Å². The van der Waals surface area contributed by atoms with Crippen LogP contribution < -0.4 is 16.4 Å². The molecule has 1 saturated carbocycles. The fourth-order valence-corrected chi connectivity index (χ4v) is 1.40. The summed E-state index contributed by atoms with van der Waals surface area (Å²) in [6, 6.07) is 2.78. The Labute approximate surface area is 95.9 Å². The maximum Gasteiger partial charge on any atom is 0.131 e. The molecule has 1 aromatic heterocycles. The van der Waals surface area contributed by atoms with Gasteiger partial charge in [0.2, 0.25) is 0 Å². The van der Waals surface area contributed by atoms with Crippen molar-refractivity contribution in [3.8, 4) is 0 Å². The lowest BCUT2D eigenvalue weighted by molar-refractivity contribution is 0.689. The molecule has 4 N–H and O–H groups in total. The van der Waals surface area contributed by atoms with Crippen molar-refractivity contribution in [2.45, 2.75) is 38.3 Å². The minimum absolute atomic E-state index is 0.221. The molecular weight excluding hydrogens is 202 g/mol. The van der Waals surface area contributed by atoms with Gasteiger partial charge >= 0.3 is 0 Å². The Bertz CT molecular complexity index is 335.